The highest BCUT2D eigenvalue weighted by Crippen LogP contribution is 2.28. The summed E-state index contributed by atoms with van der Waals surface area (Å²) in [6.45, 7) is 1.12. The maximum absolute atomic E-state index is 12.1. The molecule has 118 valence electrons. The van der Waals surface area contributed by atoms with Crippen molar-refractivity contribution in [2.45, 2.75) is 11.8 Å². The third-order valence-corrected chi connectivity index (χ3v) is 5.12. The van der Waals surface area contributed by atoms with E-state index in [-0.39, 0.29) is 28.4 Å². The van der Waals surface area contributed by atoms with Crippen molar-refractivity contribution < 1.29 is 21.8 Å². The van der Waals surface area contributed by atoms with Gasteiger partial charge in [0.2, 0.25) is 10.0 Å². The van der Waals surface area contributed by atoms with Crippen LogP contribution in [0.4, 0.5) is 11.4 Å². The molecule has 0 aromatic heterocycles. The average molecular weight is 337 g/mol. The van der Waals surface area contributed by atoms with E-state index in [0.717, 1.165) is 12.3 Å². The lowest BCUT2D eigenvalue weighted by Gasteiger charge is -2.10. The fraction of sp³-hybridized carbons (Fsp3) is 0.400. The van der Waals surface area contributed by atoms with E-state index in [4.69, 9.17) is 5.73 Å². The molecule has 11 heteroatoms. The van der Waals surface area contributed by atoms with Crippen molar-refractivity contribution in [1.82, 2.24) is 4.72 Å². The number of rotatable bonds is 6. The molecule has 0 saturated heterocycles. The van der Waals surface area contributed by atoms with Gasteiger partial charge in [0.1, 0.15) is 15.5 Å². The monoisotopic (exact) mass is 337 g/mol. The number of nitrogens with two attached hydrogens (primary N) is 1. The summed E-state index contributed by atoms with van der Waals surface area (Å²) in [4.78, 5) is 9.69. The average Bonchev–Trinajstić information content (AvgIpc) is 2.25. The second-order valence-electron chi connectivity index (χ2n) is 4.46. The van der Waals surface area contributed by atoms with Gasteiger partial charge in [0.15, 0.2) is 0 Å². The second-order valence-corrected chi connectivity index (χ2v) is 8.46. The summed E-state index contributed by atoms with van der Waals surface area (Å²) in [6, 6.07) is 2.04. The van der Waals surface area contributed by atoms with E-state index in [9.17, 15) is 26.9 Å². The van der Waals surface area contributed by atoms with E-state index >= 15 is 0 Å². The number of nitrogens with zero attached hydrogens (tertiary/aromatic N) is 1. The number of sulfonamides is 1. The van der Waals surface area contributed by atoms with Gasteiger partial charge in [-0.15, -0.1) is 0 Å². The minimum absolute atomic E-state index is 0.146. The molecule has 1 aromatic rings. The first kappa shape index (κ1) is 17.3. The Morgan fingerprint density at radius 1 is 1.29 bits per heavy atom. The largest absolute Gasteiger partial charge is 0.393 e. The van der Waals surface area contributed by atoms with Gasteiger partial charge in [0, 0.05) is 18.9 Å². The Morgan fingerprint density at radius 2 is 1.86 bits per heavy atom. The summed E-state index contributed by atoms with van der Waals surface area (Å²) in [6.07, 6.45) is 0.973. The molecule has 0 heterocycles. The molecule has 0 saturated carbocycles. The molecule has 0 spiro atoms. The van der Waals surface area contributed by atoms with E-state index in [1.54, 1.807) is 0 Å². The maximum Gasteiger partial charge on any atom is 0.293 e. The Hall–Kier alpha value is -1.72. The summed E-state index contributed by atoms with van der Waals surface area (Å²) >= 11 is 0. The first-order valence-electron chi connectivity index (χ1n) is 5.66. The van der Waals surface area contributed by atoms with Crippen LogP contribution in [-0.2, 0) is 19.9 Å². The summed E-state index contributed by atoms with van der Waals surface area (Å²) < 4.78 is 48.1. The van der Waals surface area contributed by atoms with Gasteiger partial charge < -0.3 is 5.73 Å². The molecule has 0 unspecified atom stereocenters. The fourth-order valence-electron chi connectivity index (χ4n) is 1.59. The molecule has 0 aliphatic rings. The zero-order valence-electron chi connectivity index (χ0n) is 11.4. The van der Waals surface area contributed by atoms with Gasteiger partial charge in [-0.2, -0.15) is 0 Å². The lowest BCUT2D eigenvalue weighted by atomic mass is 10.2. The Morgan fingerprint density at radius 3 is 2.33 bits per heavy atom. The second kappa shape index (κ2) is 5.95. The molecule has 3 N–H and O–H groups in total. The zero-order chi connectivity index (χ0) is 16.4. The molecule has 0 aliphatic heterocycles. The summed E-state index contributed by atoms with van der Waals surface area (Å²) in [5.41, 5.74) is 5.01. The van der Waals surface area contributed by atoms with Gasteiger partial charge in [-0.1, -0.05) is 0 Å². The van der Waals surface area contributed by atoms with Crippen molar-refractivity contribution in [2.24, 2.45) is 0 Å². The van der Waals surface area contributed by atoms with Gasteiger partial charge >= 0.3 is 0 Å². The van der Waals surface area contributed by atoms with Gasteiger partial charge in [-0.05, 0) is 18.6 Å². The molecular formula is C10H15N3O6S2. The number of nitrogens with one attached hydrogen (secondary N) is 1. The normalized spacial score (nSPS) is 12.3. The first-order chi connectivity index (χ1) is 9.44. The van der Waals surface area contributed by atoms with Gasteiger partial charge in [-0.25, -0.2) is 21.6 Å². The van der Waals surface area contributed by atoms with Crippen molar-refractivity contribution in [1.29, 1.82) is 0 Å². The standard InChI is InChI=1S/C10H15N3O6S2/c1-7-5-8(11)9(13(14)15)6-10(7)21(18,19)12-3-4-20(2,16)17/h5-6,12H,3-4,11H2,1-2H3. The minimum atomic E-state index is -4.06. The molecule has 0 radical (unpaired) electrons. The van der Waals surface area contributed by atoms with Crippen LogP contribution in [0, 0.1) is 17.0 Å². The van der Waals surface area contributed by atoms with Crippen LogP contribution in [0.5, 0.6) is 0 Å². The molecule has 1 rings (SSSR count). The number of nitrogen functional groups attached to an aromatic ring is 1. The molecule has 0 atom stereocenters. The van der Waals surface area contributed by atoms with E-state index in [1.807, 2.05) is 0 Å². The zero-order valence-corrected chi connectivity index (χ0v) is 13.0. The number of benzene rings is 1. The Balaban J connectivity index is 3.14. The van der Waals surface area contributed by atoms with E-state index < -0.39 is 30.5 Å². The molecular weight excluding hydrogens is 322 g/mol. The quantitative estimate of drug-likeness (QED) is 0.415. The van der Waals surface area contributed by atoms with Gasteiger partial charge in [0.25, 0.3) is 5.69 Å². The predicted molar refractivity (Wildman–Crippen MR) is 77.1 cm³/mol. The van der Waals surface area contributed by atoms with E-state index in [1.165, 1.54) is 13.0 Å². The SMILES string of the molecule is Cc1cc(N)c([N+](=O)[O-])cc1S(=O)(=O)NCCS(C)(=O)=O. The number of hydrogen-bond donors (Lipinski definition) is 2. The first-order valence-corrected chi connectivity index (χ1v) is 9.20. The number of sulfone groups is 1. The number of hydrogen-bond acceptors (Lipinski definition) is 7. The highest BCUT2D eigenvalue weighted by atomic mass is 32.2. The Kier molecular flexibility index (Phi) is 4.91. The van der Waals surface area contributed by atoms with Crippen LogP contribution < -0.4 is 10.5 Å². The maximum atomic E-state index is 12.1. The number of nitro groups is 1. The van der Waals surface area contributed by atoms with Crippen LogP contribution in [0.3, 0.4) is 0 Å². The summed E-state index contributed by atoms with van der Waals surface area (Å²) in [7, 11) is -7.38. The van der Waals surface area contributed by atoms with Gasteiger partial charge in [0.05, 0.1) is 15.6 Å². The van der Waals surface area contributed by atoms with E-state index in [2.05, 4.69) is 4.72 Å². The third-order valence-electron chi connectivity index (χ3n) is 2.58. The number of aryl methyl sites for hydroxylation is 1. The highest BCUT2D eigenvalue weighted by molar-refractivity contribution is 7.91. The fourth-order valence-corrected chi connectivity index (χ4v) is 3.46. The molecule has 9 nitrogen and oxygen atoms in total. The van der Waals surface area contributed by atoms with Gasteiger partial charge in [-0.3, -0.25) is 10.1 Å². The third kappa shape index (κ3) is 4.65. The Bertz CT molecular complexity index is 770. The van der Waals surface area contributed by atoms with Crippen LogP contribution in [-0.4, -0.2) is 40.3 Å². The molecule has 1 aromatic carbocycles. The molecule has 0 bridgehead atoms. The van der Waals surface area contributed by atoms with Crippen molar-refractivity contribution in [3.05, 3.63) is 27.8 Å². The lowest BCUT2D eigenvalue weighted by Crippen LogP contribution is -2.29. The van der Waals surface area contributed by atoms with Crippen LogP contribution in [0.1, 0.15) is 5.56 Å². The van der Waals surface area contributed by atoms with Crippen LogP contribution in [0.25, 0.3) is 0 Å². The molecule has 0 amide bonds. The molecule has 21 heavy (non-hydrogen) atoms. The van der Waals surface area contributed by atoms with E-state index in [0.29, 0.717) is 0 Å². The number of nitro benzene ring substituents is 1. The highest BCUT2D eigenvalue weighted by Gasteiger charge is 2.23. The van der Waals surface area contributed by atoms with Crippen LogP contribution >= 0.6 is 0 Å². The minimum Gasteiger partial charge on any atom is -0.393 e. The predicted octanol–water partition coefficient (Wildman–Crippen LogP) is -0.192. The van der Waals surface area contributed by atoms with Crippen LogP contribution in [0.15, 0.2) is 17.0 Å². The Labute approximate surface area is 122 Å². The molecule has 0 fully saturated rings. The summed E-state index contributed by atoms with van der Waals surface area (Å²) in [5, 5.41) is 10.8. The van der Waals surface area contributed by atoms with Crippen LogP contribution in [0.2, 0.25) is 0 Å². The van der Waals surface area contributed by atoms with Crippen molar-refractivity contribution >= 4 is 31.2 Å². The number of anilines is 1. The lowest BCUT2D eigenvalue weighted by molar-refractivity contribution is -0.384. The van der Waals surface area contributed by atoms with Crippen molar-refractivity contribution in [2.75, 3.05) is 24.3 Å². The summed E-state index contributed by atoms with van der Waals surface area (Å²) in [5.74, 6) is -0.373. The molecule has 0 aliphatic carbocycles. The topological polar surface area (TPSA) is 149 Å². The van der Waals surface area contributed by atoms with Crippen molar-refractivity contribution in [3.63, 3.8) is 0 Å². The van der Waals surface area contributed by atoms with Crippen molar-refractivity contribution in [3.8, 4) is 0 Å². The smallest absolute Gasteiger partial charge is 0.293 e.